The van der Waals surface area contributed by atoms with Crippen molar-refractivity contribution in [2.75, 3.05) is 6.61 Å². The molecule has 0 saturated heterocycles. The largest absolute Gasteiger partial charge is 0.466 e. The normalized spacial score (nSPS) is 32.3. The van der Waals surface area contributed by atoms with Crippen molar-refractivity contribution in [1.82, 2.24) is 0 Å². The van der Waals surface area contributed by atoms with Crippen LogP contribution in [0.15, 0.2) is 12.2 Å². The molecule has 1 N–H and O–H groups in total. The second-order valence-electron chi connectivity index (χ2n) is 4.24. The number of esters is 1. The van der Waals surface area contributed by atoms with Gasteiger partial charge in [0.2, 0.25) is 0 Å². The van der Waals surface area contributed by atoms with Gasteiger partial charge in [0.05, 0.1) is 12.7 Å². The third kappa shape index (κ3) is 5.57. The van der Waals surface area contributed by atoms with Crippen LogP contribution in [0.25, 0.3) is 0 Å². The molecule has 86 valence electrons. The number of hydrogen-bond donors (Lipinski definition) is 1. The first-order valence-electron chi connectivity index (χ1n) is 5.69. The van der Waals surface area contributed by atoms with Gasteiger partial charge in [0.25, 0.3) is 0 Å². The first kappa shape index (κ1) is 12.2. The van der Waals surface area contributed by atoms with Crippen molar-refractivity contribution in [3.05, 3.63) is 12.2 Å². The van der Waals surface area contributed by atoms with Crippen molar-refractivity contribution in [3.8, 4) is 0 Å². The minimum Gasteiger partial charge on any atom is -0.466 e. The molecule has 0 aromatic carbocycles. The van der Waals surface area contributed by atoms with E-state index in [1.807, 2.05) is 12.2 Å². The molecule has 1 rings (SSSR count). The summed E-state index contributed by atoms with van der Waals surface area (Å²) in [6.07, 6.45) is 7.03. The summed E-state index contributed by atoms with van der Waals surface area (Å²) >= 11 is 0. The van der Waals surface area contributed by atoms with Gasteiger partial charge >= 0.3 is 5.97 Å². The molecule has 1 aliphatic heterocycles. The maximum absolute atomic E-state index is 11.2. The molecule has 0 aliphatic carbocycles. The van der Waals surface area contributed by atoms with Crippen LogP contribution < -0.4 is 0 Å². The molecular weight excluding hydrogens is 192 g/mol. The Kier molecular flexibility index (Phi) is 5.40. The molecule has 15 heavy (non-hydrogen) atoms. The Balaban J connectivity index is 2.44. The van der Waals surface area contributed by atoms with Crippen LogP contribution in [0, 0.1) is 5.92 Å². The molecule has 0 fully saturated rings. The molecule has 0 bridgehead atoms. The predicted octanol–water partition coefficient (Wildman–Crippen LogP) is 2.05. The van der Waals surface area contributed by atoms with Gasteiger partial charge in [0.1, 0.15) is 0 Å². The van der Waals surface area contributed by atoms with Crippen LogP contribution in [0.3, 0.4) is 0 Å². The third-order valence-electron chi connectivity index (χ3n) is 2.65. The second-order valence-corrected chi connectivity index (χ2v) is 4.24. The summed E-state index contributed by atoms with van der Waals surface area (Å²) in [6, 6.07) is 0. The van der Waals surface area contributed by atoms with E-state index in [-0.39, 0.29) is 5.97 Å². The molecule has 0 amide bonds. The summed E-state index contributed by atoms with van der Waals surface area (Å²) in [6.45, 7) is 2.65. The molecule has 2 atom stereocenters. The number of carbonyl (C=O) groups is 1. The van der Waals surface area contributed by atoms with Gasteiger partial charge in [0.15, 0.2) is 0 Å². The lowest BCUT2D eigenvalue weighted by molar-refractivity contribution is -0.144. The lowest BCUT2D eigenvalue weighted by Gasteiger charge is -2.12. The number of rotatable bonds is 0. The topological polar surface area (TPSA) is 46.5 Å². The van der Waals surface area contributed by atoms with Gasteiger partial charge in [-0.1, -0.05) is 19.1 Å². The molecular formula is C12H20O3. The molecule has 0 spiro atoms. The van der Waals surface area contributed by atoms with E-state index >= 15 is 0 Å². The van der Waals surface area contributed by atoms with Gasteiger partial charge in [-0.25, -0.2) is 0 Å². The van der Waals surface area contributed by atoms with Crippen LogP contribution in [-0.4, -0.2) is 23.8 Å². The third-order valence-corrected chi connectivity index (χ3v) is 2.65. The van der Waals surface area contributed by atoms with Crippen molar-refractivity contribution < 1.29 is 14.6 Å². The Hall–Kier alpha value is -0.830. The SMILES string of the molecule is C[C@@H]1C/C=C/[C@@H](O)CCCC(=O)OCC1. The fourth-order valence-electron chi connectivity index (χ4n) is 1.58. The van der Waals surface area contributed by atoms with E-state index in [4.69, 9.17) is 4.74 Å². The summed E-state index contributed by atoms with van der Waals surface area (Å²) in [5.41, 5.74) is 0. The maximum atomic E-state index is 11.2. The van der Waals surface area contributed by atoms with Gasteiger partial charge in [-0.3, -0.25) is 4.79 Å². The average molecular weight is 212 g/mol. The van der Waals surface area contributed by atoms with E-state index in [1.165, 1.54) is 0 Å². The molecule has 0 aromatic rings. The summed E-state index contributed by atoms with van der Waals surface area (Å²) < 4.78 is 5.08. The van der Waals surface area contributed by atoms with Gasteiger partial charge < -0.3 is 9.84 Å². The summed E-state index contributed by atoms with van der Waals surface area (Å²) in [4.78, 5) is 11.2. The van der Waals surface area contributed by atoms with E-state index < -0.39 is 6.10 Å². The molecule has 0 radical (unpaired) electrons. The standard InChI is InChI=1S/C12H20O3/c1-10-4-2-5-11(13)6-3-7-12(14)15-9-8-10/h2,5,10-11,13H,3-4,6-9H2,1H3/b5-2+/t10-,11-/m1/s1. The molecule has 0 unspecified atom stereocenters. The Morgan fingerprint density at radius 2 is 2.27 bits per heavy atom. The number of hydrogen-bond acceptors (Lipinski definition) is 3. The fraction of sp³-hybridized carbons (Fsp3) is 0.750. The second kappa shape index (κ2) is 6.62. The van der Waals surface area contributed by atoms with Gasteiger partial charge in [-0.15, -0.1) is 0 Å². The number of cyclic esters (lactones) is 1. The zero-order valence-electron chi connectivity index (χ0n) is 9.32. The molecule has 0 saturated carbocycles. The van der Waals surface area contributed by atoms with Gasteiger partial charge in [0, 0.05) is 6.42 Å². The highest BCUT2D eigenvalue weighted by atomic mass is 16.5. The number of aliphatic hydroxyl groups excluding tert-OH is 1. The first-order valence-corrected chi connectivity index (χ1v) is 5.69. The van der Waals surface area contributed by atoms with Crippen molar-refractivity contribution in [2.24, 2.45) is 5.92 Å². The Labute approximate surface area is 91.1 Å². The molecule has 1 heterocycles. The molecule has 3 heteroatoms. The predicted molar refractivity (Wildman–Crippen MR) is 58.4 cm³/mol. The van der Waals surface area contributed by atoms with Crippen LogP contribution in [-0.2, 0) is 9.53 Å². The van der Waals surface area contributed by atoms with E-state index in [1.54, 1.807) is 0 Å². The highest BCUT2D eigenvalue weighted by Crippen LogP contribution is 2.12. The van der Waals surface area contributed by atoms with Gasteiger partial charge in [-0.2, -0.15) is 0 Å². The number of ether oxygens (including phenoxy) is 1. The highest BCUT2D eigenvalue weighted by Gasteiger charge is 2.08. The van der Waals surface area contributed by atoms with Crippen LogP contribution in [0.4, 0.5) is 0 Å². The Bertz CT molecular complexity index is 223. The Morgan fingerprint density at radius 3 is 3.07 bits per heavy atom. The summed E-state index contributed by atoms with van der Waals surface area (Å²) in [5, 5.41) is 9.53. The maximum Gasteiger partial charge on any atom is 0.305 e. The average Bonchev–Trinajstić information content (AvgIpc) is 2.16. The van der Waals surface area contributed by atoms with Crippen LogP contribution in [0.1, 0.15) is 39.0 Å². The molecule has 3 nitrogen and oxygen atoms in total. The monoisotopic (exact) mass is 212 g/mol. The number of allylic oxidation sites excluding steroid dienone is 1. The summed E-state index contributed by atoms with van der Waals surface area (Å²) in [5.74, 6) is 0.361. The first-order chi connectivity index (χ1) is 7.18. The highest BCUT2D eigenvalue weighted by molar-refractivity contribution is 5.69. The van der Waals surface area contributed by atoms with Crippen LogP contribution >= 0.6 is 0 Å². The zero-order valence-corrected chi connectivity index (χ0v) is 9.32. The molecule has 0 aromatic heterocycles. The van der Waals surface area contributed by atoms with E-state index in [0.29, 0.717) is 31.8 Å². The van der Waals surface area contributed by atoms with Crippen molar-refractivity contribution in [1.29, 1.82) is 0 Å². The van der Waals surface area contributed by atoms with Crippen molar-refractivity contribution in [3.63, 3.8) is 0 Å². The van der Waals surface area contributed by atoms with Crippen molar-refractivity contribution in [2.45, 2.75) is 45.1 Å². The lowest BCUT2D eigenvalue weighted by atomic mass is 10.0. The minimum absolute atomic E-state index is 0.140. The van der Waals surface area contributed by atoms with Crippen LogP contribution in [0.5, 0.6) is 0 Å². The van der Waals surface area contributed by atoms with E-state index in [2.05, 4.69) is 6.92 Å². The number of carbonyl (C=O) groups excluding carboxylic acids is 1. The fourth-order valence-corrected chi connectivity index (χ4v) is 1.58. The van der Waals surface area contributed by atoms with E-state index in [0.717, 1.165) is 12.8 Å². The zero-order chi connectivity index (χ0) is 11.1. The summed E-state index contributed by atoms with van der Waals surface area (Å²) in [7, 11) is 0. The van der Waals surface area contributed by atoms with Gasteiger partial charge in [-0.05, 0) is 31.6 Å². The lowest BCUT2D eigenvalue weighted by Crippen LogP contribution is -2.11. The van der Waals surface area contributed by atoms with Crippen molar-refractivity contribution >= 4 is 5.97 Å². The Morgan fingerprint density at radius 1 is 1.47 bits per heavy atom. The number of aliphatic hydroxyl groups is 1. The molecule has 1 aliphatic rings. The van der Waals surface area contributed by atoms with Crippen LogP contribution in [0.2, 0.25) is 0 Å². The smallest absolute Gasteiger partial charge is 0.305 e. The quantitative estimate of drug-likeness (QED) is 0.494. The van der Waals surface area contributed by atoms with E-state index in [9.17, 15) is 9.90 Å². The minimum atomic E-state index is -0.413.